The minimum Gasteiger partial charge on any atom is -0.490 e. The molecule has 3 nitrogen and oxygen atoms in total. The Morgan fingerprint density at radius 3 is 2.67 bits per heavy atom. The first kappa shape index (κ1) is 12.9. The average molecular weight is 247 g/mol. The van der Waals surface area contributed by atoms with E-state index in [9.17, 15) is 0 Å². The number of ether oxygens (including phenoxy) is 1. The molecular formula is C15H21NO2. The molecule has 0 radical (unpaired) electrons. The third-order valence-corrected chi connectivity index (χ3v) is 3.52. The van der Waals surface area contributed by atoms with Gasteiger partial charge in [-0.1, -0.05) is 23.2 Å². The van der Waals surface area contributed by atoms with Crippen LogP contribution in [0.2, 0.25) is 0 Å². The quantitative estimate of drug-likeness (QED) is 0.500. The zero-order valence-corrected chi connectivity index (χ0v) is 11.1. The monoisotopic (exact) mass is 247 g/mol. The van der Waals surface area contributed by atoms with Crippen LogP contribution in [0.5, 0.6) is 5.75 Å². The molecule has 2 rings (SSSR count). The van der Waals surface area contributed by atoms with Gasteiger partial charge in [0.2, 0.25) is 0 Å². The van der Waals surface area contributed by atoms with Crippen molar-refractivity contribution in [3.05, 3.63) is 29.3 Å². The first-order chi connectivity index (χ1) is 8.70. The Balaban J connectivity index is 2.20. The van der Waals surface area contributed by atoms with Crippen molar-refractivity contribution in [1.82, 2.24) is 0 Å². The van der Waals surface area contributed by atoms with Gasteiger partial charge in [-0.25, -0.2) is 0 Å². The molecule has 0 saturated heterocycles. The minimum atomic E-state index is 0.312. The number of oxime groups is 1. The molecular weight excluding hydrogens is 226 g/mol. The van der Waals surface area contributed by atoms with Gasteiger partial charge in [-0.15, -0.1) is 0 Å². The smallest absolute Gasteiger partial charge is 0.128 e. The number of hydrogen-bond acceptors (Lipinski definition) is 3. The van der Waals surface area contributed by atoms with Gasteiger partial charge in [-0.3, -0.25) is 0 Å². The van der Waals surface area contributed by atoms with E-state index in [0.717, 1.165) is 29.7 Å². The Morgan fingerprint density at radius 2 is 2.00 bits per heavy atom. The second kappa shape index (κ2) is 5.89. The highest BCUT2D eigenvalue weighted by Gasteiger charge is 2.17. The average Bonchev–Trinajstić information content (AvgIpc) is 2.41. The minimum absolute atomic E-state index is 0.312. The standard InChI is InChI=1S/C15H21NO2/c1-11-8-9-15(14(10-11)12(2)16-17)18-13-6-4-3-5-7-13/h8-10,13,17H,3-7H2,1-2H3/b16-12+. The largest absolute Gasteiger partial charge is 0.490 e. The number of aryl methyl sites for hydroxylation is 1. The summed E-state index contributed by atoms with van der Waals surface area (Å²) in [5.74, 6) is 0.836. The maximum atomic E-state index is 8.94. The second-order valence-electron chi connectivity index (χ2n) is 5.06. The molecule has 0 bridgehead atoms. The van der Waals surface area contributed by atoms with Crippen molar-refractivity contribution in [2.24, 2.45) is 5.16 Å². The van der Waals surface area contributed by atoms with Crippen LogP contribution >= 0.6 is 0 Å². The van der Waals surface area contributed by atoms with Crippen molar-refractivity contribution in [3.63, 3.8) is 0 Å². The maximum Gasteiger partial charge on any atom is 0.128 e. The maximum absolute atomic E-state index is 8.94. The lowest BCUT2D eigenvalue weighted by atomic mass is 9.97. The molecule has 1 fully saturated rings. The van der Waals surface area contributed by atoms with Gasteiger partial charge >= 0.3 is 0 Å². The first-order valence-corrected chi connectivity index (χ1v) is 6.67. The van der Waals surface area contributed by atoms with Gasteiger partial charge in [0, 0.05) is 5.56 Å². The second-order valence-corrected chi connectivity index (χ2v) is 5.06. The molecule has 0 atom stereocenters. The van der Waals surface area contributed by atoms with E-state index in [0.29, 0.717) is 11.8 Å². The Labute approximate surface area is 108 Å². The van der Waals surface area contributed by atoms with Gasteiger partial charge in [0.1, 0.15) is 5.75 Å². The summed E-state index contributed by atoms with van der Waals surface area (Å²) in [6.07, 6.45) is 6.38. The molecule has 0 amide bonds. The zero-order valence-electron chi connectivity index (χ0n) is 11.1. The van der Waals surface area contributed by atoms with Crippen LogP contribution in [-0.4, -0.2) is 17.0 Å². The predicted octanol–water partition coefficient (Wildman–Crippen LogP) is 3.90. The van der Waals surface area contributed by atoms with Crippen LogP contribution in [0.25, 0.3) is 0 Å². The van der Waals surface area contributed by atoms with Crippen LogP contribution in [0.3, 0.4) is 0 Å². The summed E-state index contributed by atoms with van der Waals surface area (Å²) in [6, 6.07) is 6.02. The van der Waals surface area contributed by atoms with Crippen LogP contribution in [0.4, 0.5) is 0 Å². The van der Waals surface area contributed by atoms with Gasteiger partial charge in [0.15, 0.2) is 0 Å². The van der Waals surface area contributed by atoms with Crippen molar-refractivity contribution in [1.29, 1.82) is 0 Å². The third-order valence-electron chi connectivity index (χ3n) is 3.52. The van der Waals surface area contributed by atoms with Crippen molar-refractivity contribution in [2.75, 3.05) is 0 Å². The lowest BCUT2D eigenvalue weighted by Gasteiger charge is -2.24. The fourth-order valence-electron chi connectivity index (χ4n) is 2.45. The molecule has 0 aliphatic heterocycles. The summed E-state index contributed by atoms with van der Waals surface area (Å²) in [5, 5.41) is 12.2. The molecule has 0 aromatic heterocycles. The van der Waals surface area contributed by atoms with E-state index in [1.165, 1.54) is 19.3 Å². The summed E-state index contributed by atoms with van der Waals surface area (Å²) < 4.78 is 6.07. The lowest BCUT2D eigenvalue weighted by Crippen LogP contribution is -2.20. The van der Waals surface area contributed by atoms with E-state index < -0.39 is 0 Å². The summed E-state index contributed by atoms with van der Waals surface area (Å²) in [6.45, 7) is 3.82. The van der Waals surface area contributed by atoms with E-state index in [-0.39, 0.29) is 0 Å². The fraction of sp³-hybridized carbons (Fsp3) is 0.533. The van der Waals surface area contributed by atoms with E-state index >= 15 is 0 Å². The molecule has 18 heavy (non-hydrogen) atoms. The first-order valence-electron chi connectivity index (χ1n) is 6.67. The highest BCUT2D eigenvalue weighted by molar-refractivity contribution is 6.00. The zero-order chi connectivity index (χ0) is 13.0. The van der Waals surface area contributed by atoms with Gasteiger partial charge < -0.3 is 9.94 Å². The van der Waals surface area contributed by atoms with Crippen LogP contribution in [0, 0.1) is 6.92 Å². The Morgan fingerprint density at radius 1 is 1.28 bits per heavy atom. The molecule has 98 valence electrons. The van der Waals surface area contributed by atoms with Gasteiger partial charge in [0.25, 0.3) is 0 Å². The van der Waals surface area contributed by atoms with Crippen molar-refractivity contribution in [2.45, 2.75) is 52.1 Å². The molecule has 0 unspecified atom stereocenters. The number of nitrogens with zero attached hydrogens (tertiary/aromatic N) is 1. The van der Waals surface area contributed by atoms with Gasteiger partial charge in [-0.2, -0.15) is 0 Å². The number of rotatable bonds is 3. The van der Waals surface area contributed by atoms with Crippen LogP contribution < -0.4 is 4.74 Å². The Bertz CT molecular complexity index is 434. The number of hydrogen-bond donors (Lipinski definition) is 1. The Kier molecular flexibility index (Phi) is 4.24. The lowest BCUT2D eigenvalue weighted by molar-refractivity contribution is 0.154. The van der Waals surface area contributed by atoms with E-state index in [1.54, 1.807) is 6.92 Å². The highest BCUT2D eigenvalue weighted by atomic mass is 16.5. The van der Waals surface area contributed by atoms with Gasteiger partial charge in [-0.05, 0) is 51.7 Å². The van der Waals surface area contributed by atoms with Crippen molar-refractivity contribution < 1.29 is 9.94 Å². The van der Waals surface area contributed by atoms with E-state index in [2.05, 4.69) is 5.16 Å². The third kappa shape index (κ3) is 3.03. The van der Waals surface area contributed by atoms with Gasteiger partial charge in [0.05, 0.1) is 11.8 Å². The molecule has 1 aliphatic carbocycles. The molecule has 1 aromatic carbocycles. The normalized spacial score (nSPS) is 17.8. The van der Waals surface area contributed by atoms with E-state index in [1.807, 2.05) is 25.1 Å². The Hall–Kier alpha value is -1.51. The van der Waals surface area contributed by atoms with Crippen LogP contribution in [0.15, 0.2) is 23.4 Å². The van der Waals surface area contributed by atoms with Crippen LogP contribution in [-0.2, 0) is 0 Å². The molecule has 1 saturated carbocycles. The molecule has 3 heteroatoms. The molecule has 1 aromatic rings. The summed E-state index contributed by atoms with van der Waals surface area (Å²) >= 11 is 0. The summed E-state index contributed by atoms with van der Waals surface area (Å²) in [7, 11) is 0. The van der Waals surface area contributed by atoms with Crippen LogP contribution in [0.1, 0.15) is 50.2 Å². The molecule has 0 spiro atoms. The molecule has 1 aliphatic rings. The SMILES string of the molecule is C/C(=N\O)c1cc(C)ccc1OC1CCCCC1. The molecule has 1 N–H and O–H groups in total. The molecule has 0 heterocycles. The summed E-state index contributed by atoms with van der Waals surface area (Å²) in [5.41, 5.74) is 2.64. The fourth-order valence-corrected chi connectivity index (χ4v) is 2.45. The highest BCUT2D eigenvalue weighted by Crippen LogP contribution is 2.27. The van der Waals surface area contributed by atoms with E-state index in [4.69, 9.17) is 9.94 Å². The summed E-state index contributed by atoms with van der Waals surface area (Å²) in [4.78, 5) is 0. The number of benzene rings is 1. The predicted molar refractivity (Wildman–Crippen MR) is 72.7 cm³/mol. The van der Waals surface area contributed by atoms with Crippen molar-refractivity contribution in [3.8, 4) is 5.75 Å². The van der Waals surface area contributed by atoms with Crippen molar-refractivity contribution >= 4 is 5.71 Å². The topological polar surface area (TPSA) is 41.8 Å².